The normalized spacial score (nSPS) is 12.5. The number of hydrogen-bond acceptors (Lipinski definition) is 3. The smallest absolute Gasteiger partial charge is 0.122 e. The van der Waals surface area contributed by atoms with Crippen LogP contribution in [0.3, 0.4) is 0 Å². The molecule has 0 fully saturated rings. The van der Waals surface area contributed by atoms with Gasteiger partial charge in [-0.2, -0.15) is 0 Å². The second kappa shape index (κ2) is 7.98. The quantitative estimate of drug-likeness (QED) is 0.770. The zero-order chi connectivity index (χ0) is 13.4. The fourth-order valence-corrected chi connectivity index (χ4v) is 1.55. The molecule has 1 aromatic carbocycles. The monoisotopic (exact) mass is 251 g/mol. The Hall–Kier alpha value is -1.22. The average molecular weight is 251 g/mol. The molecule has 1 unspecified atom stereocenters. The second-order valence-electron chi connectivity index (χ2n) is 4.89. The summed E-state index contributed by atoms with van der Waals surface area (Å²) in [7, 11) is 0. The standard InChI is InChI=1S/C15H25NO2/c1-5-17-14-7-6-8-15(9-14)18-11-13(4)10-16-12(2)3/h6-9,12-13,16H,5,10-11H2,1-4H3. The molecule has 1 rings (SSSR count). The molecule has 1 N–H and O–H groups in total. The Balaban J connectivity index is 2.35. The average Bonchev–Trinajstić information content (AvgIpc) is 2.35. The van der Waals surface area contributed by atoms with E-state index in [1.165, 1.54) is 0 Å². The number of nitrogens with one attached hydrogen (secondary N) is 1. The first kappa shape index (κ1) is 14.8. The van der Waals surface area contributed by atoms with E-state index in [-0.39, 0.29) is 0 Å². The first-order valence-corrected chi connectivity index (χ1v) is 6.70. The summed E-state index contributed by atoms with van der Waals surface area (Å²) < 4.78 is 11.2. The molecular weight excluding hydrogens is 226 g/mol. The van der Waals surface area contributed by atoms with Crippen molar-refractivity contribution in [3.05, 3.63) is 24.3 Å². The Morgan fingerprint density at radius 1 is 1.11 bits per heavy atom. The van der Waals surface area contributed by atoms with Crippen LogP contribution in [0.2, 0.25) is 0 Å². The van der Waals surface area contributed by atoms with Crippen molar-refractivity contribution < 1.29 is 9.47 Å². The molecule has 0 bridgehead atoms. The van der Waals surface area contributed by atoms with Crippen LogP contribution in [-0.2, 0) is 0 Å². The van der Waals surface area contributed by atoms with Crippen LogP contribution in [0.1, 0.15) is 27.7 Å². The highest BCUT2D eigenvalue weighted by Gasteiger charge is 2.04. The zero-order valence-corrected chi connectivity index (χ0v) is 11.9. The summed E-state index contributed by atoms with van der Waals surface area (Å²) in [6.07, 6.45) is 0. The third kappa shape index (κ3) is 5.92. The molecule has 0 aliphatic rings. The molecule has 1 aromatic rings. The van der Waals surface area contributed by atoms with E-state index in [4.69, 9.17) is 9.47 Å². The van der Waals surface area contributed by atoms with Gasteiger partial charge in [0.15, 0.2) is 0 Å². The van der Waals surface area contributed by atoms with Crippen LogP contribution in [-0.4, -0.2) is 25.8 Å². The molecule has 3 heteroatoms. The van der Waals surface area contributed by atoms with Crippen molar-refractivity contribution in [2.45, 2.75) is 33.7 Å². The fourth-order valence-electron chi connectivity index (χ4n) is 1.55. The Morgan fingerprint density at radius 2 is 1.78 bits per heavy atom. The molecule has 1 atom stereocenters. The number of ether oxygens (including phenoxy) is 2. The summed E-state index contributed by atoms with van der Waals surface area (Å²) in [5.74, 6) is 2.23. The van der Waals surface area contributed by atoms with Crippen LogP contribution in [0.15, 0.2) is 24.3 Å². The van der Waals surface area contributed by atoms with Crippen molar-refractivity contribution in [2.24, 2.45) is 5.92 Å². The van der Waals surface area contributed by atoms with Gasteiger partial charge in [0.2, 0.25) is 0 Å². The van der Waals surface area contributed by atoms with E-state index in [0.29, 0.717) is 18.6 Å². The molecule has 0 aromatic heterocycles. The lowest BCUT2D eigenvalue weighted by atomic mass is 10.2. The van der Waals surface area contributed by atoms with Gasteiger partial charge in [0, 0.05) is 24.6 Å². The van der Waals surface area contributed by atoms with E-state index in [0.717, 1.165) is 24.7 Å². The van der Waals surface area contributed by atoms with E-state index in [2.05, 4.69) is 26.1 Å². The van der Waals surface area contributed by atoms with Gasteiger partial charge in [-0.1, -0.05) is 26.8 Å². The minimum atomic E-state index is 0.489. The molecule has 0 saturated carbocycles. The third-order valence-electron chi connectivity index (χ3n) is 2.53. The molecule has 0 spiro atoms. The van der Waals surface area contributed by atoms with Crippen LogP contribution >= 0.6 is 0 Å². The molecule has 0 aliphatic heterocycles. The second-order valence-corrected chi connectivity index (χ2v) is 4.89. The van der Waals surface area contributed by atoms with Crippen molar-refractivity contribution >= 4 is 0 Å². The minimum Gasteiger partial charge on any atom is -0.494 e. The molecule has 3 nitrogen and oxygen atoms in total. The lowest BCUT2D eigenvalue weighted by Crippen LogP contribution is -2.30. The van der Waals surface area contributed by atoms with Crippen LogP contribution < -0.4 is 14.8 Å². The van der Waals surface area contributed by atoms with Crippen LogP contribution in [0.5, 0.6) is 11.5 Å². The summed E-state index contributed by atoms with van der Waals surface area (Å²) in [6.45, 7) is 10.8. The molecule has 0 aliphatic carbocycles. The third-order valence-corrected chi connectivity index (χ3v) is 2.53. The van der Waals surface area contributed by atoms with Crippen LogP contribution in [0.4, 0.5) is 0 Å². The highest BCUT2D eigenvalue weighted by atomic mass is 16.5. The van der Waals surface area contributed by atoms with E-state index >= 15 is 0 Å². The first-order valence-electron chi connectivity index (χ1n) is 6.70. The molecule has 102 valence electrons. The predicted molar refractivity (Wildman–Crippen MR) is 75.4 cm³/mol. The predicted octanol–water partition coefficient (Wildman–Crippen LogP) is 3.10. The van der Waals surface area contributed by atoms with Gasteiger partial charge in [0.05, 0.1) is 13.2 Å². The van der Waals surface area contributed by atoms with Crippen LogP contribution in [0.25, 0.3) is 0 Å². The highest BCUT2D eigenvalue weighted by Crippen LogP contribution is 2.19. The van der Waals surface area contributed by atoms with E-state index < -0.39 is 0 Å². The first-order chi connectivity index (χ1) is 8.61. The largest absolute Gasteiger partial charge is 0.494 e. The van der Waals surface area contributed by atoms with Gasteiger partial charge in [-0.05, 0) is 19.1 Å². The molecule has 0 saturated heterocycles. The lowest BCUT2D eigenvalue weighted by Gasteiger charge is -2.16. The summed E-state index contributed by atoms with van der Waals surface area (Å²) in [4.78, 5) is 0. The van der Waals surface area contributed by atoms with Crippen molar-refractivity contribution in [2.75, 3.05) is 19.8 Å². The Labute approximate surface area is 110 Å². The number of hydrogen-bond donors (Lipinski definition) is 1. The van der Waals surface area contributed by atoms with Gasteiger partial charge in [0.1, 0.15) is 11.5 Å². The zero-order valence-electron chi connectivity index (χ0n) is 11.9. The topological polar surface area (TPSA) is 30.5 Å². The van der Waals surface area contributed by atoms with Gasteiger partial charge in [-0.25, -0.2) is 0 Å². The summed E-state index contributed by atoms with van der Waals surface area (Å²) >= 11 is 0. The van der Waals surface area contributed by atoms with E-state index in [9.17, 15) is 0 Å². The van der Waals surface area contributed by atoms with Gasteiger partial charge in [-0.15, -0.1) is 0 Å². The van der Waals surface area contributed by atoms with Gasteiger partial charge < -0.3 is 14.8 Å². The number of rotatable bonds is 8. The maximum atomic E-state index is 5.77. The van der Waals surface area contributed by atoms with Crippen molar-refractivity contribution in [3.8, 4) is 11.5 Å². The molecule has 0 amide bonds. The molecule has 0 heterocycles. The van der Waals surface area contributed by atoms with Crippen molar-refractivity contribution in [1.29, 1.82) is 0 Å². The Kier molecular flexibility index (Phi) is 6.58. The fraction of sp³-hybridized carbons (Fsp3) is 0.600. The lowest BCUT2D eigenvalue weighted by molar-refractivity contribution is 0.251. The van der Waals surface area contributed by atoms with Gasteiger partial charge >= 0.3 is 0 Å². The maximum Gasteiger partial charge on any atom is 0.122 e. The molecule has 18 heavy (non-hydrogen) atoms. The SMILES string of the molecule is CCOc1cccc(OCC(C)CNC(C)C)c1. The Morgan fingerprint density at radius 3 is 2.39 bits per heavy atom. The minimum absolute atomic E-state index is 0.489. The Bertz CT molecular complexity index is 339. The highest BCUT2D eigenvalue weighted by molar-refractivity contribution is 5.32. The number of benzene rings is 1. The van der Waals surface area contributed by atoms with Crippen molar-refractivity contribution in [1.82, 2.24) is 5.32 Å². The van der Waals surface area contributed by atoms with Crippen LogP contribution in [0, 0.1) is 5.92 Å². The summed E-state index contributed by atoms with van der Waals surface area (Å²) in [5, 5.41) is 3.41. The van der Waals surface area contributed by atoms with Crippen molar-refractivity contribution in [3.63, 3.8) is 0 Å². The molecule has 0 radical (unpaired) electrons. The molecular formula is C15H25NO2. The van der Waals surface area contributed by atoms with Gasteiger partial charge in [0.25, 0.3) is 0 Å². The maximum absolute atomic E-state index is 5.77. The summed E-state index contributed by atoms with van der Waals surface area (Å²) in [6, 6.07) is 8.32. The van der Waals surface area contributed by atoms with E-state index in [1.807, 2.05) is 31.2 Å². The van der Waals surface area contributed by atoms with Gasteiger partial charge in [-0.3, -0.25) is 0 Å². The summed E-state index contributed by atoms with van der Waals surface area (Å²) in [5.41, 5.74) is 0. The van der Waals surface area contributed by atoms with E-state index in [1.54, 1.807) is 0 Å².